The van der Waals surface area contributed by atoms with Crippen molar-refractivity contribution in [1.29, 1.82) is 0 Å². The van der Waals surface area contributed by atoms with E-state index in [-0.39, 0.29) is 0 Å². The first kappa shape index (κ1) is 64.8. The number of hydrogen-bond donors (Lipinski definition) is 0. The van der Waals surface area contributed by atoms with Crippen molar-refractivity contribution in [3.05, 3.63) is 399 Å². The third kappa shape index (κ3) is 10.2. The van der Waals surface area contributed by atoms with Gasteiger partial charge in [0.15, 0.2) is 0 Å². The summed E-state index contributed by atoms with van der Waals surface area (Å²) in [4.78, 5) is 16.5. The van der Waals surface area contributed by atoms with Gasteiger partial charge < -0.3 is 9.80 Å². The van der Waals surface area contributed by atoms with E-state index in [4.69, 9.17) is 9.97 Å². The Labute approximate surface area is 664 Å². The fraction of sp³-hybridized carbons (Fsp3) is 0.0275. The molecule has 6 heteroatoms. The van der Waals surface area contributed by atoms with Crippen molar-refractivity contribution < 1.29 is 0 Å². The van der Waals surface area contributed by atoms with Crippen LogP contribution in [-0.2, 0) is 13.1 Å². The van der Waals surface area contributed by atoms with Crippen molar-refractivity contribution in [1.82, 2.24) is 19.1 Å². The third-order valence-corrected chi connectivity index (χ3v) is 24.7. The molecule has 20 aromatic carbocycles. The summed E-state index contributed by atoms with van der Waals surface area (Å²) in [5, 5.41) is 19.4. The van der Waals surface area contributed by atoms with Crippen LogP contribution in [0.15, 0.2) is 388 Å². The molecule has 2 aromatic heterocycles. The fourth-order valence-electron chi connectivity index (χ4n) is 19.6. The number of nitrogens with zero attached hydrogens (tertiary/aromatic N) is 6. The Kier molecular flexibility index (Phi) is 14.5. The summed E-state index contributed by atoms with van der Waals surface area (Å²) in [5.74, 6) is 1.81. The van der Waals surface area contributed by atoms with E-state index in [1.54, 1.807) is 0 Å². The fourth-order valence-corrected chi connectivity index (χ4v) is 19.6. The normalized spacial score (nSPS) is 12.7. The van der Waals surface area contributed by atoms with Crippen LogP contribution in [-0.4, -0.2) is 25.8 Å². The van der Waals surface area contributed by atoms with Gasteiger partial charge in [-0.05, 0) is 191 Å². The minimum absolute atomic E-state index is 0.818. The van der Waals surface area contributed by atoms with E-state index in [0.29, 0.717) is 0 Å². The molecular formula is C109H70N6. The van der Waals surface area contributed by atoms with E-state index in [9.17, 15) is 0 Å². The number of fused-ring (bicyclic) bond motifs is 22. The van der Waals surface area contributed by atoms with Gasteiger partial charge in [0, 0.05) is 68.5 Å². The van der Waals surface area contributed by atoms with E-state index in [2.05, 4.69) is 407 Å². The number of hydrogen-bond acceptors (Lipinski definition) is 4. The molecule has 2 bridgehead atoms. The maximum atomic E-state index is 5.70. The second-order valence-corrected chi connectivity index (χ2v) is 31.0. The van der Waals surface area contributed by atoms with Crippen molar-refractivity contribution in [3.63, 3.8) is 0 Å². The highest BCUT2D eigenvalue weighted by molar-refractivity contribution is 6.27. The number of anilines is 2. The summed E-state index contributed by atoms with van der Waals surface area (Å²) in [6, 6.07) is 143. The van der Waals surface area contributed by atoms with Crippen LogP contribution in [0, 0.1) is 0 Å². The molecule has 536 valence electrons. The predicted molar refractivity (Wildman–Crippen MR) is 483 cm³/mol. The molecule has 0 N–H and O–H groups in total. The largest absolute Gasteiger partial charge is 0.349 e. The summed E-state index contributed by atoms with van der Waals surface area (Å²) >= 11 is 0. The molecule has 0 fully saturated rings. The number of rotatable bonds is 10. The molecule has 115 heavy (non-hydrogen) atoms. The van der Waals surface area contributed by atoms with Crippen molar-refractivity contribution in [3.8, 4) is 101 Å². The SMILES string of the molecule is c1ccc(-c2c3ccccc3c(-c3ccc(-n4c(-c5ccc(-c6ccc7c(c6)CN6CN7Cc7cc(-c8ccc(-c9nc%10c%11ccccc%11c%11ccccc%11c%10n9-c9ccc(-c%10c%11ccccc%11c(-c%11ccccc%11)c%11ccccc%10%11)cc9)cc8)ccc76)cc5)nc5c6ccccc6c6ccccc6c54)cc3)c3ccccc23)cc1. The Morgan fingerprint density at radius 2 is 0.435 bits per heavy atom. The topological polar surface area (TPSA) is 42.1 Å². The highest BCUT2D eigenvalue weighted by Crippen LogP contribution is 2.50. The second-order valence-electron chi connectivity index (χ2n) is 31.0. The monoisotopic (exact) mass is 1460 g/mol. The van der Waals surface area contributed by atoms with Gasteiger partial charge in [-0.2, -0.15) is 0 Å². The second kappa shape index (κ2) is 25.8. The van der Waals surface area contributed by atoms with E-state index in [1.807, 2.05) is 0 Å². The lowest BCUT2D eigenvalue weighted by molar-refractivity contribution is 0.651. The van der Waals surface area contributed by atoms with E-state index in [0.717, 1.165) is 86.7 Å². The molecule has 0 saturated carbocycles. The Balaban J connectivity index is 0.544. The Morgan fingerprint density at radius 3 is 0.757 bits per heavy atom. The molecule has 22 aromatic rings. The number of aromatic nitrogens is 4. The van der Waals surface area contributed by atoms with Crippen LogP contribution in [0.3, 0.4) is 0 Å². The molecule has 0 radical (unpaired) electrons. The van der Waals surface area contributed by atoms with Gasteiger partial charge in [-0.15, -0.1) is 0 Å². The molecule has 0 amide bonds. The lowest BCUT2D eigenvalue weighted by Gasteiger charge is -2.45. The lowest BCUT2D eigenvalue weighted by Crippen LogP contribution is -2.46. The first-order chi connectivity index (χ1) is 57.0. The van der Waals surface area contributed by atoms with Gasteiger partial charge in [0.05, 0.1) is 28.7 Å². The summed E-state index contributed by atoms with van der Waals surface area (Å²) in [5.41, 5.74) is 28.1. The van der Waals surface area contributed by atoms with E-state index in [1.165, 1.54) is 165 Å². The van der Waals surface area contributed by atoms with Crippen LogP contribution in [0.4, 0.5) is 11.4 Å². The zero-order valence-corrected chi connectivity index (χ0v) is 62.8. The Bertz CT molecular complexity index is 7200. The van der Waals surface area contributed by atoms with Gasteiger partial charge in [0.25, 0.3) is 0 Å². The molecule has 0 unspecified atom stereocenters. The summed E-state index contributed by atoms with van der Waals surface area (Å²) in [6.45, 7) is 2.48. The molecule has 2 aliphatic rings. The van der Waals surface area contributed by atoms with E-state index < -0.39 is 0 Å². The Hall–Kier alpha value is -15.0. The first-order valence-corrected chi connectivity index (χ1v) is 39.9. The van der Waals surface area contributed by atoms with Crippen molar-refractivity contribution in [2.75, 3.05) is 16.5 Å². The molecule has 4 heterocycles. The smallest absolute Gasteiger partial charge is 0.145 e. The van der Waals surface area contributed by atoms with Gasteiger partial charge in [0.1, 0.15) is 11.6 Å². The summed E-state index contributed by atoms with van der Waals surface area (Å²) in [6.07, 6.45) is 0. The van der Waals surface area contributed by atoms with Crippen molar-refractivity contribution in [2.24, 2.45) is 0 Å². The molecule has 0 spiro atoms. The summed E-state index contributed by atoms with van der Waals surface area (Å²) < 4.78 is 4.82. The van der Waals surface area contributed by atoms with Crippen LogP contribution in [0.1, 0.15) is 11.1 Å². The van der Waals surface area contributed by atoms with Crippen LogP contribution >= 0.6 is 0 Å². The molecule has 0 saturated heterocycles. The third-order valence-electron chi connectivity index (χ3n) is 24.7. The van der Waals surface area contributed by atoms with Gasteiger partial charge in [0.2, 0.25) is 0 Å². The predicted octanol–water partition coefficient (Wildman–Crippen LogP) is 28.2. The van der Waals surface area contributed by atoms with Gasteiger partial charge >= 0.3 is 0 Å². The average Bonchev–Trinajstić information content (AvgIpc) is 1.62. The lowest BCUT2D eigenvalue weighted by atomic mass is 9.86. The Morgan fingerprint density at radius 1 is 0.191 bits per heavy atom. The summed E-state index contributed by atoms with van der Waals surface area (Å²) in [7, 11) is 0. The van der Waals surface area contributed by atoms with Crippen LogP contribution in [0.2, 0.25) is 0 Å². The zero-order valence-electron chi connectivity index (χ0n) is 62.8. The van der Waals surface area contributed by atoms with Crippen LogP contribution in [0.5, 0.6) is 0 Å². The minimum Gasteiger partial charge on any atom is -0.349 e. The van der Waals surface area contributed by atoms with Crippen molar-refractivity contribution in [2.45, 2.75) is 13.1 Å². The molecule has 24 rings (SSSR count). The standard InChI is InChI=1S/C109H70N6/c1-3-23-70(24-4-1)100-86-31-11-15-35-90(86)102(91-36-16-12-32-87(91)100)72-51-57-80(58-52-72)114-106-96-41-21-9-29-84(96)82-27-7-19-39-94(82)104(106)110-108(114)74-47-43-68(44-48-74)76-55-61-98-78(63-76)65-112-67-113(98)66-79-64-77(56-62-99(79)112)69-45-49-75(50-46-69)109-111-105-95-40-20-8-28-83(95)85-30-10-22-42-97(85)107(105)115(109)81-59-53-73(54-60-81)103-92-37-17-13-33-88(92)101(71-25-5-2-6-26-71)89-34-14-18-38-93(89)103/h1-64H,65-67H2. The highest BCUT2D eigenvalue weighted by atomic mass is 15.4. The van der Waals surface area contributed by atoms with Gasteiger partial charge in [-0.1, -0.05) is 340 Å². The van der Waals surface area contributed by atoms with Crippen LogP contribution in [0.25, 0.3) is 209 Å². The molecule has 0 atom stereocenters. The minimum atomic E-state index is 0.818. The average molecular weight is 1460 g/mol. The molecule has 6 nitrogen and oxygen atoms in total. The number of imidazole rings is 2. The van der Waals surface area contributed by atoms with Crippen LogP contribution < -0.4 is 9.80 Å². The number of benzene rings is 20. The molecular weight excluding hydrogens is 1390 g/mol. The molecule has 2 aliphatic heterocycles. The van der Waals surface area contributed by atoms with Gasteiger partial charge in [-0.3, -0.25) is 9.13 Å². The molecule has 0 aliphatic carbocycles. The first-order valence-electron chi connectivity index (χ1n) is 39.9. The highest BCUT2D eigenvalue weighted by Gasteiger charge is 2.31. The quantitative estimate of drug-likeness (QED) is 0.101. The van der Waals surface area contributed by atoms with Crippen molar-refractivity contribution >= 4 is 120 Å². The van der Waals surface area contributed by atoms with Gasteiger partial charge in [-0.25, -0.2) is 9.97 Å². The zero-order chi connectivity index (χ0) is 75.3. The maximum Gasteiger partial charge on any atom is 0.145 e. The maximum absolute atomic E-state index is 5.70. The van der Waals surface area contributed by atoms with E-state index >= 15 is 0 Å².